The quantitative estimate of drug-likeness (QED) is 0.242. The molecule has 0 saturated carbocycles. The number of alkyl halides is 7. The van der Waals surface area contributed by atoms with Crippen molar-refractivity contribution < 1.29 is 46.5 Å². The summed E-state index contributed by atoms with van der Waals surface area (Å²) in [6.07, 6.45) is -7.17. The fourth-order valence-corrected chi connectivity index (χ4v) is 2.82. The van der Waals surface area contributed by atoms with Gasteiger partial charge in [-0.15, -0.1) is 0 Å². The molecule has 2 unspecified atom stereocenters. The number of hydrogen-bond donors (Lipinski definition) is 1. The van der Waals surface area contributed by atoms with Gasteiger partial charge >= 0.3 is 24.2 Å². The second-order valence-corrected chi connectivity index (χ2v) is 9.32. The Kier molecular flexibility index (Phi) is 12.7. The van der Waals surface area contributed by atoms with Gasteiger partial charge in [0.15, 0.2) is 0 Å². The molecule has 8 nitrogen and oxygen atoms in total. The van der Waals surface area contributed by atoms with Crippen LogP contribution in [0.5, 0.6) is 0 Å². The second kappa shape index (κ2) is 13.0. The highest BCUT2D eigenvalue weighted by Gasteiger charge is 2.45. The number of hydrogen-bond acceptors (Lipinski definition) is 7. The van der Waals surface area contributed by atoms with Crippen molar-refractivity contribution in [3.05, 3.63) is 0 Å². The van der Waals surface area contributed by atoms with Crippen LogP contribution in [0.25, 0.3) is 0 Å². The van der Waals surface area contributed by atoms with E-state index in [0.29, 0.717) is 0 Å². The van der Waals surface area contributed by atoms with Gasteiger partial charge in [-0.25, -0.2) is 4.79 Å². The molecule has 3 atom stereocenters. The van der Waals surface area contributed by atoms with Crippen LogP contribution in [-0.2, 0) is 28.5 Å². The van der Waals surface area contributed by atoms with Gasteiger partial charge in [0.05, 0.1) is 12.0 Å². The minimum absolute atomic E-state index is 0.421. The van der Waals surface area contributed by atoms with Gasteiger partial charge in [0.2, 0.25) is 3.79 Å². The Morgan fingerprint density at radius 2 is 1.47 bits per heavy atom. The van der Waals surface area contributed by atoms with Crippen LogP contribution in [0.2, 0.25) is 0 Å². The monoisotopic (exact) mass is 567 g/mol. The maximum atomic E-state index is 13.3. The van der Waals surface area contributed by atoms with Gasteiger partial charge in [0.25, 0.3) is 0 Å². The van der Waals surface area contributed by atoms with E-state index in [0.717, 1.165) is 20.8 Å². The molecular weight excluding hydrogens is 549 g/mol. The van der Waals surface area contributed by atoms with E-state index in [9.17, 15) is 27.6 Å². The van der Waals surface area contributed by atoms with E-state index in [2.05, 4.69) is 20.7 Å². The van der Waals surface area contributed by atoms with E-state index in [1.54, 1.807) is 0 Å². The summed E-state index contributed by atoms with van der Waals surface area (Å²) >= 11 is 19.2. The van der Waals surface area contributed by atoms with Crippen molar-refractivity contribution in [2.45, 2.75) is 47.9 Å². The zero-order valence-electron chi connectivity index (χ0n) is 15.9. The maximum absolute atomic E-state index is 13.3. The van der Waals surface area contributed by atoms with Gasteiger partial charge in [-0.2, -0.15) is 13.2 Å². The van der Waals surface area contributed by atoms with Gasteiger partial charge in [-0.05, 0) is 0 Å². The molecule has 0 aliphatic carbocycles. The number of ether oxygens (including phenoxy) is 4. The molecule has 0 aliphatic heterocycles. The molecule has 0 saturated heterocycles. The fraction of sp³-hybridized carbons (Fsp3) is 0.800. The molecule has 0 bridgehead atoms. The number of halogens is 7. The highest BCUT2D eigenvalue weighted by Crippen LogP contribution is 2.32. The third-order valence-corrected chi connectivity index (χ3v) is 4.37. The molecule has 0 aliphatic rings. The molecule has 0 spiro atoms. The van der Waals surface area contributed by atoms with E-state index in [1.165, 1.54) is 0 Å². The Labute approximate surface area is 194 Å². The number of esters is 2. The predicted octanol–water partition coefficient (Wildman–Crippen LogP) is 3.88. The van der Waals surface area contributed by atoms with Crippen LogP contribution in [0.3, 0.4) is 0 Å². The molecular formula is C15H20BrCl3F3NO7. The molecule has 0 aromatic rings. The third kappa shape index (κ3) is 13.6. The minimum atomic E-state index is -4.73. The molecule has 176 valence electrons. The van der Waals surface area contributed by atoms with Crippen molar-refractivity contribution in [3.8, 4) is 0 Å². The van der Waals surface area contributed by atoms with Crippen molar-refractivity contribution in [2.75, 3.05) is 19.8 Å². The average molecular weight is 570 g/mol. The zero-order valence-corrected chi connectivity index (χ0v) is 19.8. The smallest absolute Gasteiger partial charge is 0.407 e. The van der Waals surface area contributed by atoms with Crippen LogP contribution < -0.4 is 5.32 Å². The Balaban J connectivity index is 5.33. The first-order chi connectivity index (χ1) is 13.5. The molecule has 1 amide bonds. The van der Waals surface area contributed by atoms with Crippen LogP contribution in [-0.4, -0.2) is 65.0 Å². The van der Waals surface area contributed by atoms with Crippen molar-refractivity contribution in [1.82, 2.24) is 5.32 Å². The molecule has 0 radical (unpaired) electrons. The second-order valence-electron chi connectivity index (χ2n) is 5.91. The number of carbonyl (C=O) groups excluding carboxylic acids is 3. The minimum Gasteiger partial charge on any atom is -0.463 e. The van der Waals surface area contributed by atoms with Crippen LogP contribution in [0.15, 0.2) is 0 Å². The van der Waals surface area contributed by atoms with Crippen LogP contribution in [0.1, 0.15) is 20.8 Å². The number of nitrogens with one attached hydrogen (secondary N) is 1. The largest absolute Gasteiger partial charge is 0.463 e. The Bertz CT molecular complexity index is 575. The summed E-state index contributed by atoms with van der Waals surface area (Å²) < 4.78 is 57.3. The van der Waals surface area contributed by atoms with Crippen molar-refractivity contribution in [2.24, 2.45) is 5.92 Å². The average Bonchev–Trinajstić information content (AvgIpc) is 2.57. The summed E-state index contributed by atoms with van der Waals surface area (Å²) in [6, 6.07) is -1.72. The van der Waals surface area contributed by atoms with E-state index in [4.69, 9.17) is 49.0 Å². The van der Waals surface area contributed by atoms with Crippen LogP contribution in [0, 0.1) is 5.92 Å². The summed E-state index contributed by atoms with van der Waals surface area (Å²) in [5.41, 5.74) is 0. The van der Waals surface area contributed by atoms with E-state index >= 15 is 0 Å². The molecule has 15 heteroatoms. The summed E-state index contributed by atoms with van der Waals surface area (Å²) in [5, 5.41) is 0.519. The zero-order chi connectivity index (χ0) is 23.7. The van der Waals surface area contributed by atoms with Crippen molar-refractivity contribution >= 4 is 68.8 Å². The Morgan fingerprint density at radius 3 is 1.83 bits per heavy atom. The highest BCUT2D eigenvalue weighted by atomic mass is 79.9. The van der Waals surface area contributed by atoms with Gasteiger partial charge in [-0.1, -0.05) is 57.7 Å². The highest BCUT2D eigenvalue weighted by molar-refractivity contribution is 9.09. The number of alkyl carbamates (subject to hydrolysis) is 1. The van der Waals surface area contributed by atoms with Gasteiger partial charge < -0.3 is 24.3 Å². The predicted molar refractivity (Wildman–Crippen MR) is 105 cm³/mol. The lowest BCUT2D eigenvalue weighted by Gasteiger charge is -2.32. The van der Waals surface area contributed by atoms with E-state index < -0.39 is 70.9 Å². The van der Waals surface area contributed by atoms with Crippen molar-refractivity contribution in [1.29, 1.82) is 0 Å². The first-order valence-electron chi connectivity index (χ1n) is 8.16. The molecule has 0 rings (SSSR count). The van der Waals surface area contributed by atoms with Crippen molar-refractivity contribution in [3.63, 3.8) is 0 Å². The number of carbonyl (C=O) groups is 3. The Morgan fingerprint density at radius 1 is 1.00 bits per heavy atom. The molecule has 0 fully saturated rings. The molecule has 30 heavy (non-hydrogen) atoms. The summed E-state index contributed by atoms with van der Waals surface area (Å²) in [4.78, 5) is 33.8. The lowest BCUT2D eigenvalue weighted by Crippen LogP contribution is -2.52. The number of rotatable bonds is 10. The van der Waals surface area contributed by atoms with Gasteiger partial charge in [-0.3, -0.25) is 9.59 Å². The normalized spacial score (nSPS) is 15.2. The fourth-order valence-electron chi connectivity index (χ4n) is 1.76. The molecule has 1 N–H and O–H groups in total. The maximum Gasteiger partial charge on any atom is 0.407 e. The van der Waals surface area contributed by atoms with Crippen LogP contribution in [0.4, 0.5) is 18.0 Å². The Hall–Kier alpha value is -0.690. The van der Waals surface area contributed by atoms with Crippen LogP contribution >= 0.6 is 50.7 Å². The standard InChI is InChI=1S/C15H20BrCl3F3NO7/c1-7(15(20,21)22)11(23-13(26)29-6-14(17,18)19)12(16)30-10(4-27-8(2)24)5-28-9(3)25/h7,10-12H,4-6H2,1-3H3,(H,23,26)/t7?,11?,12-/m0/s1. The SMILES string of the molecule is CC(=O)OCC(COC(C)=O)O[C@H](Br)C(NC(=O)OCC(Cl)(Cl)Cl)C(C)C(F)(F)F. The lowest BCUT2D eigenvalue weighted by molar-refractivity contribution is -0.185. The summed E-state index contributed by atoms with van der Waals surface area (Å²) in [6.45, 7) is 1.44. The van der Waals surface area contributed by atoms with Gasteiger partial charge in [0, 0.05) is 13.8 Å². The third-order valence-electron chi connectivity index (χ3n) is 3.26. The van der Waals surface area contributed by atoms with E-state index in [-0.39, 0.29) is 0 Å². The molecule has 0 aromatic carbocycles. The first kappa shape index (κ1) is 29.3. The lowest BCUT2D eigenvalue weighted by atomic mass is 10.0. The summed E-state index contributed by atoms with van der Waals surface area (Å²) in [7, 11) is 0. The van der Waals surface area contributed by atoms with Gasteiger partial charge in [0.1, 0.15) is 30.9 Å². The molecule has 0 heterocycles. The first-order valence-corrected chi connectivity index (χ1v) is 10.2. The summed E-state index contributed by atoms with van der Waals surface area (Å²) in [5.74, 6) is -3.50. The van der Waals surface area contributed by atoms with E-state index in [1.807, 2.05) is 5.32 Å². The topological polar surface area (TPSA) is 100 Å². The number of amides is 1. The molecule has 0 aromatic heterocycles.